The molecule has 0 bridgehead atoms. The van der Waals surface area contributed by atoms with E-state index >= 15 is 0 Å². The van der Waals surface area contributed by atoms with Crippen LogP contribution in [0.2, 0.25) is 0 Å². The Morgan fingerprint density at radius 2 is 1.67 bits per heavy atom. The Morgan fingerprint density at radius 3 is 2.30 bits per heavy atom. The number of hydrogen-bond acceptors (Lipinski definition) is 5. The lowest BCUT2D eigenvalue weighted by atomic mass is 9.80. The highest BCUT2D eigenvalue weighted by molar-refractivity contribution is 5.75. The zero-order valence-corrected chi connectivity index (χ0v) is 18.5. The first-order chi connectivity index (χ1) is 14.2. The Balaban J connectivity index is 1.90. The highest BCUT2D eigenvalue weighted by atomic mass is 16.5. The van der Waals surface area contributed by atoms with E-state index in [9.17, 15) is 5.11 Å². The minimum atomic E-state index is -1.24. The minimum absolute atomic E-state index is 0.0425. The SMILES string of the molecule is COc1ccc(C(C)(C)C)cc1C(O)(CN(C)C1CC1)c1ccc2nccnc2c1. The molecule has 158 valence electrons. The zero-order chi connectivity index (χ0) is 21.5. The normalized spacial score (nSPS) is 16.6. The molecular weight excluding hydrogens is 374 g/mol. The first kappa shape index (κ1) is 20.8. The maximum Gasteiger partial charge on any atom is 0.131 e. The molecule has 1 heterocycles. The van der Waals surface area contributed by atoms with Gasteiger partial charge in [-0.05, 0) is 60.7 Å². The molecule has 1 aliphatic rings. The van der Waals surface area contributed by atoms with Crippen LogP contribution in [-0.2, 0) is 11.0 Å². The van der Waals surface area contributed by atoms with Crippen molar-refractivity contribution in [2.24, 2.45) is 0 Å². The molecule has 1 N–H and O–H groups in total. The summed E-state index contributed by atoms with van der Waals surface area (Å²) in [5, 5.41) is 12.3. The number of aromatic nitrogens is 2. The summed E-state index contributed by atoms with van der Waals surface area (Å²) >= 11 is 0. The average Bonchev–Trinajstić information content (AvgIpc) is 3.57. The van der Waals surface area contributed by atoms with E-state index < -0.39 is 5.60 Å². The molecule has 0 radical (unpaired) electrons. The number of nitrogens with zero attached hydrogens (tertiary/aromatic N) is 3. The van der Waals surface area contributed by atoms with Gasteiger partial charge in [0.05, 0.1) is 18.1 Å². The summed E-state index contributed by atoms with van der Waals surface area (Å²) in [7, 11) is 3.75. The fourth-order valence-corrected chi connectivity index (χ4v) is 4.06. The van der Waals surface area contributed by atoms with Gasteiger partial charge >= 0.3 is 0 Å². The van der Waals surface area contributed by atoms with E-state index in [-0.39, 0.29) is 5.41 Å². The van der Waals surface area contributed by atoms with E-state index in [1.165, 1.54) is 12.8 Å². The van der Waals surface area contributed by atoms with Crippen LogP contribution in [0.5, 0.6) is 5.75 Å². The van der Waals surface area contributed by atoms with Crippen molar-refractivity contribution in [2.75, 3.05) is 20.7 Å². The van der Waals surface area contributed by atoms with Crippen molar-refractivity contribution >= 4 is 11.0 Å². The number of rotatable bonds is 6. The second kappa shape index (κ2) is 7.64. The zero-order valence-electron chi connectivity index (χ0n) is 18.5. The summed E-state index contributed by atoms with van der Waals surface area (Å²) in [5.41, 5.74) is 3.05. The second-order valence-corrected chi connectivity index (χ2v) is 9.43. The molecule has 4 rings (SSSR count). The van der Waals surface area contributed by atoms with Crippen LogP contribution >= 0.6 is 0 Å². The lowest BCUT2D eigenvalue weighted by Gasteiger charge is -2.35. The third kappa shape index (κ3) is 3.92. The molecule has 2 aromatic carbocycles. The van der Waals surface area contributed by atoms with Gasteiger partial charge in [0.1, 0.15) is 11.4 Å². The highest BCUT2D eigenvalue weighted by Gasteiger charge is 2.40. The molecule has 1 saturated carbocycles. The van der Waals surface area contributed by atoms with Crippen LogP contribution in [0.3, 0.4) is 0 Å². The lowest BCUT2D eigenvalue weighted by Crippen LogP contribution is -2.41. The fourth-order valence-electron chi connectivity index (χ4n) is 4.06. The smallest absolute Gasteiger partial charge is 0.131 e. The van der Waals surface area contributed by atoms with Crippen molar-refractivity contribution in [3.63, 3.8) is 0 Å². The van der Waals surface area contributed by atoms with Crippen LogP contribution in [0, 0.1) is 0 Å². The Kier molecular flexibility index (Phi) is 5.28. The van der Waals surface area contributed by atoms with E-state index in [2.05, 4.69) is 54.8 Å². The number of likely N-dealkylation sites (N-methyl/N-ethyl adjacent to an activating group) is 1. The van der Waals surface area contributed by atoms with E-state index in [1.54, 1.807) is 19.5 Å². The number of aliphatic hydroxyl groups is 1. The van der Waals surface area contributed by atoms with Gasteiger partial charge in [-0.2, -0.15) is 0 Å². The van der Waals surface area contributed by atoms with Crippen LogP contribution in [0.1, 0.15) is 50.3 Å². The first-order valence-electron chi connectivity index (χ1n) is 10.6. The molecule has 3 aromatic rings. The summed E-state index contributed by atoms with van der Waals surface area (Å²) in [5.74, 6) is 0.689. The molecule has 30 heavy (non-hydrogen) atoms. The molecular formula is C25H31N3O2. The van der Waals surface area contributed by atoms with Gasteiger partial charge in [-0.25, -0.2) is 0 Å². The van der Waals surface area contributed by atoms with Crippen molar-refractivity contribution in [1.29, 1.82) is 0 Å². The number of ether oxygens (including phenoxy) is 1. The van der Waals surface area contributed by atoms with Gasteiger partial charge in [0.15, 0.2) is 0 Å². The molecule has 5 nitrogen and oxygen atoms in total. The van der Waals surface area contributed by atoms with Crippen LogP contribution < -0.4 is 4.74 Å². The van der Waals surface area contributed by atoms with Gasteiger partial charge in [0.25, 0.3) is 0 Å². The molecule has 1 unspecified atom stereocenters. The monoisotopic (exact) mass is 405 g/mol. The van der Waals surface area contributed by atoms with Crippen LogP contribution in [-0.4, -0.2) is 46.7 Å². The fraction of sp³-hybridized carbons (Fsp3) is 0.440. The summed E-state index contributed by atoms with van der Waals surface area (Å²) in [4.78, 5) is 11.1. The lowest BCUT2D eigenvalue weighted by molar-refractivity contribution is 0.0394. The molecule has 0 amide bonds. The van der Waals surface area contributed by atoms with Gasteiger partial charge in [-0.15, -0.1) is 0 Å². The maximum absolute atomic E-state index is 12.3. The third-order valence-corrected chi connectivity index (χ3v) is 6.11. The maximum atomic E-state index is 12.3. The minimum Gasteiger partial charge on any atom is -0.496 e. The quantitative estimate of drug-likeness (QED) is 0.664. The van der Waals surface area contributed by atoms with Crippen LogP contribution in [0.4, 0.5) is 0 Å². The molecule has 1 aliphatic carbocycles. The predicted molar refractivity (Wildman–Crippen MR) is 120 cm³/mol. The summed E-state index contributed by atoms with van der Waals surface area (Å²) in [6.45, 7) is 7.02. The van der Waals surface area contributed by atoms with Crippen molar-refractivity contribution in [2.45, 2.75) is 50.7 Å². The molecule has 0 aliphatic heterocycles. The molecule has 1 fully saturated rings. The van der Waals surface area contributed by atoms with E-state index in [0.717, 1.165) is 27.7 Å². The Labute approximate surface area is 178 Å². The van der Waals surface area contributed by atoms with Gasteiger partial charge < -0.3 is 9.84 Å². The molecule has 0 saturated heterocycles. The molecule has 1 atom stereocenters. The molecule has 0 spiro atoms. The summed E-state index contributed by atoms with van der Waals surface area (Å²) < 4.78 is 5.72. The van der Waals surface area contributed by atoms with Crippen LogP contribution in [0.15, 0.2) is 48.8 Å². The van der Waals surface area contributed by atoms with Crippen molar-refractivity contribution in [3.05, 3.63) is 65.5 Å². The predicted octanol–water partition coefficient (Wildman–Crippen LogP) is 4.27. The Hall–Kier alpha value is -2.50. The largest absolute Gasteiger partial charge is 0.496 e. The molecule has 5 heteroatoms. The highest BCUT2D eigenvalue weighted by Crippen LogP contribution is 2.41. The number of methoxy groups -OCH3 is 1. The van der Waals surface area contributed by atoms with Gasteiger partial charge in [0, 0.05) is 30.5 Å². The van der Waals surface area contributed by atoms with Crippen molar-refractivity contribution < 1.29 is 9.84 Å². The third-order valence-electron chi connectivity index (χ3n) is 6.11. The number of hydrogen-bond donors (Lipinski definition) is 1. The average molecular weight is 406 g/mol. The van der Waals surface area contributed by atoms with E-state index in [0.29, 0.717) is 18.3 Å². The van der Waals surface area contributed by atoms with Crippen LogP contribution in [0.25, 0.3) is 11.0 Å². The van der Waals surface area contributed by atoms with Gasteiger partial charge in [-0.1, -0.05) is 32.9 Å². The summed E-state index contributed by atoms with van der Waals surface area (Å²) in [6.07, 6.45) is 5.72. The van der Waals surface area contributed by atoms with E-state index in [1.807, 2.05) is 24.3 Å². The van der Waals surface area contributed by atoms with E-state index in [4.69, 9.17) is 4.74 Å². The van der Waals surface area contributed by atoms with Crippen molar-refractivity contribution in [3.8, 4) is 5.75 Å². The number of fused-ring (bicyclic) bond motifs is 1. The Bertz CT molecular complexity index is 1060. The Morgan fingerprint density at radius 1 is 1.00 bits per heavy atom. The van der Waals surface area contributed by atoms with Gasteiger partial charge in [-0.3, -0.25) is 14.9 Å². The topological polar surface area (TPSA) is 58.5 Å². The molecule has 1 aromatic heterocycles. The first-order valence-corrected chi connectivity index (χ1v) is 10.6. The van der Waals surface area contributed by atoms with Crippen molar-refractivity contribution in [1.82, 2.24) is 14.9 Å². The van der Waals surface area contributed by atoms with Gasteiger partial charge in [0.2, 0.25) is 0 Å². The second-order valence-electron chi connectivity index (χ2n) is 9.43. The summed E-state index contributed by atoms with van der Waals surface area (Å²) in [6, 6.07) is 12.5. The standard InChI is InChI=1S/C25H31N3O2/c1-24(2,3)17-7-11-23(30-5)20(14-17)25(29,16-28(4)19-8-9-19)18-6-10-21-22(15-18)27-13-12-26-21/h6-7,10-15,19,29H,8-9,16H2,1-5H3. The number of benzene rings is 2.